The van der Waals surface area contributed by atoms with Crippen molar-refractivity contribution < 1.29 is 4.79 Å². The Balaban J connectivity index is 1.71. The van der Waals surface area contributed by atoms with Gasteiger partial charge in [0.2, 0.25) is 0 Å². The van der Waals surface area contributed by atoms with Crippen LogP contribution in [0.2, 0.25) is 0 Å². The van der Waals surface area contributed by atoms with E-state index >= 15 is 0 Å². The smallest absolute Gasteiger partial charge is 0.254 e. The summed E-state index contributed by atoms with van der Waals surface area (Å²) >= 11 is 0. The Bertz CT molecular complexity index is 808. The molecule has 1 aromatic carbocycles. The van der Waals surface area contributed by atoms with Crippen molar-refractivity contribution >= 4 is 11.7 Å². The van der Waals surface area contributed by atoms with Gasteiger partial charge in [-0.25, -0.2) is 9.97 Å². The van der Waals surface area contributed by atoms with Crippen LogP contribution in [0.5, 0.6) is 0 Å². The topological polar surface area (TPSA) is 49.3 Å². The normalized spacial score (nSPS) is 14.8. The van der Waals surface area contributed by atoms with Gasteiger partial charge in [0, 0.05) is 49.4 Å². The third-order valence-electron chi connectivity index (χ3n) is 5.10. The standard InChI is InChI=1S/C21H28N4O/c1-14(2)20-22-16(4)13-19(23-20)24-9-11-25(12-10-24)21(26)18-8-6-7-15(3)17(18)5/h6-8,13-14H,9-12H2,1-5H3. The van der Waals surface area contributed by atoms with Crippen LogP contribution in [-0.2, 0) is 0 Å². The number of carbonyl (C=O) groups excluding carboxylic acids is 1. The summed E-state index contributed by atoms with van der Waals surface area (Å²) < 4.78 is 0. The fourth-order valence-corrected chi connectivity index (χ4v) is 3.29. The van der Waals surface area contributed by atoms with Crippen molar-refractivity contribution in [3.05, 3.63) is 52.5 Å². The van der Waals surface area contributed by atoms with Gasteiger partial charge in [0.25, 0.3) is 5.91 Å². The molecule has 0 aliphatic carbocycles. The van der Waals surface area contributed by atoms with Crippen LogP contribution in [0.3, 0.4) is 0 Å². The predicted octanol–water partition coefficient (Wildman–Crippen LogP) is 3.49. The summed E-state index contributed by atoms with van der Waals surface area (Å²) in [6.45, 7) is 13.3. The third kappa shape index (κ3) is 3.71. The Kier molecular flexibility index (Phi) is 5.25. The Morgan fingerprint density at radius 2 is 1.73 bits per heavy atom. The highest BCUT2D eigenvalue weighted by Gasteiger charge is 2.24. The molecule has 5 heteroatoms. The van der Waals surface area contributed by atoms with Crippen LogP contribution < -0.4 is 4.90 Å². The Morgan fingerprint density at radius 3 is 2.38 bits per heavy atom. The summed E-state index contributed by atoms with van der Waals surface area (Å²) in [5, 5.41) is 0. The molecule has 2 heterocycles. The van der Waals surface area contributed by atoms with Crippen molar-refractivity contribution in [2.45, 2.75) is 40.5 Å². The van der Waals surface area contributed by atoms with E-state index in [9.17, 15) is 4.79 Å². The molecule has 1 aromatic heterocycles. The molecule has 1 amide bonds. The molecule has 0 unspecified atom stereocenters. The summed E-state index contributed by atoms with van der Waals surface area (Å²) in [7, 11) is 0. The second-order valence-corrected chi connectivity index (χ2v) is 7.41. The van der Waals surface area contributed by atoms with Crippen molar-refractivity contribution in [1.29, 1.82) is 0 Å². The number of aryl methyl sites for hydroxylation is 2. The molecule has 1 aliphatic rings. The second kappa shape index (κ2) is 7.44. The fraction of sp³-hybridized carbons (Fsp3) is 0.476. The molecule has 1 fully saturated rings. The predicted molar refractivity (Wildman–Crippen MR) is 105 cm³/mol. The Labute approximate surface area is 156 Å². The molecule has 1 aliphatic heterocycles. The van der Waals surface area contributed by atoms with Gasteiger partial charge in [-0.3, -0.25) is 4.79 Å². The van der Waals surface area contributed by atoms with Gasteiger partial charge in [-0.05, 0) is 38.0 Å². The average Bonchev–Trinajstić information content (AvgIpc) is 2.63. The molecule has 26 heavy (non-hydrogen) atoms. The summed E-state index contributed by atoms with van der Waals surface area (Å²) in [6, 6.07) is 7.98. The minimum Gasteiger partial charge on any atom is -0.353 e. The van der Waals surface area contributed by atoms with Gasteiger partial charge >= 0.3 is 0 Å². The number of aromatic nitrogens is 2. The molecule has 3 rings (SSSR count). The first-order valence-electron chi connectivity index (χ1n) is 9.33. The first-order chi connectivity index (χ1) is 12.4. The number of amides is 1. The molecule has 0 spiro atoms. The van der Waals surface area contributed by atoms with Crippen LogP contribution in [-0.4, -0.2) is 47.0 Å². The Hall–Kier alpha value is -2.43. The van der Waals surface area contributed by atoms with Gasteiger partial charge in [0.1, 0.15) is 11.6 Å². The van der Waals surface area contributed by atoms with E-state index in [0.717, 1.165) is 47.1 Å². The maximum Gasteiger partial charge on any atom is 0.254 e. The minimum absolute atomic E-state index is 0.132. The number of rotatable bonds is 3. The lowest BCUT2D eigenvalue weighted by molar-refractivity contribution is 0.0745. The number of hydrogen-bond acceptors (Lipinski definition) is 4. The van der Waals surface area contributed by atoms with Crippen molar-refractivity contribution in [2.75, 3.05) is 31.1 Å². The molecular formula is C21H28N4O. The molecule has 0 bridgehead atoms. The maximum absolute atomic E-state index is 12.9. The number of piperazine rings is 1. The average molecular weight is 352 g/mol. The zero-order valence-corrected chi connectivity index (χ0v) is 16.4. The van der Waals surface area contributed by atoms with Crippen LogP contribution in [0.1, 0.15) is 52.8 Å². The molecule has 138 valence electrons. The van der Waals surface area contributed by atoms with Crippen molar-refractivity contribution in [3.63, 3.8) is 0 Å². The molecule has 0 radical (unpaired) electrons. The molecule has 1 saturated heterocycles. The van der Waals surface area contributed by atoms with Gasteiger partial charge in [-0.2, -0.15) is 0 Å². The highest BCUT2D eigenvalue weighted by Crippen LogP contribution is 2.20. The lowest BCUT2D eigenvalue weighted by Crippen LogP contribution is -2.49. The van der Waals surface area contributed by atoms with Crippen LogP contribution in [0, 0.1) is 20.8 Å². The first kappa shape index (κ1) is 18.4. The highest BCUT2D eigenvalue weighted by molar-refractivity contribution is 5.96. The SMILES string of the molecule is Cc1cc(N2CCN(C(=O)c3cccc(C)c3C)CC2)nc(C(C)C)n1. The minimum atomic E-state index is 0.132. The van der Waals surface area contributed by atoms with Crippen molar-refractivity contribution in [1.82, 2.24) is 14.9 Å². The maximum atomic E-state index is 12.9. The van der Waals surface area contributed by atoms with Crippen molar-refractivity contribution in [3.8, 4) is 0 Å². The van der Waals surface area contributed by atoms with E-state index < -0.39 is 0 Å². The Morgan fingerprint density at radius 1 is 1.04 bits per heavy atom. The molecule has 5 nitrogen and oxygen atoms in total. The second-order valence-electron chi connectivity index (χ2n) is 7.41. The van der Waals surface area contributed by atoms with Gasteiger partial charge in [-0.1, -0.05) is 26.0 Å². The largest absolute Gasteiger partial charge is 0.353 e. The summed E-state index contributed by atoms with van der Waals surface area (Å²) in [6.07, 6.45) is 0. The highest BCUT2D eigenvalue weighted by atomic mass is 16.2. The number of anilines is 1. The molecule has 0 saturated carbocycles. The van der Waals surface area contributed by atoms with Crippen LogP contribution in [0.15, 0.2) is 24.3 Å². The summed E-state index contributed by atoms with van der Waals surface area (Å²) in [5.41, 5.74) is 4.05. The van der Waals surface area contributed by atoms with Crippen LogP contribution in [0.25, 0.3) is 0 Å². The van der Waals surface area contributed by atoms with Gasteiger partial charge in [-0.15, -0.1) is 0 Å². The summed E-state index contributed by atoms with van der Waals surface area (Å²) in [5.74, 6) is 2.29. The van der Waals surface area contributed by atoms with E-state index in [1.165, 1.54) is 0 Å². The lowest BCUT2D eigenvalue weighted by atomic mass is 10.0. The van der Waals surface area contributed by atoms with E-state index in [0.29, 0.717) is 19.0 Å². The van der Waals surface area contributed by atoms with E-state index in [2.05, 4.69) is 23.7 Å². The van der Waals surface area contributed by atoms with E-state index in [-0.39, 0.29) is 5.91 Å². The van der Waals surface area contributed by atoms with Crippen LogP contribution >= 0.6 is 0 Å². The molecule has 0 N–H and O–H groups in total. The lowest BCUT2D eigenvalue weighted by Gasteiger charge is -2.36. The van der Waals surface area contributed by atoms with Gasteiger partial charge in [0.05, 0.1) is 0 Å². The summed E-state index contributed by atoms with van der Waals surface area (Å²) in [4.78, 5) is 26.4. The van der Waals surface area contributed by atoms with Crippen molar-refractivity contribution in [2.24, 2.45) is 0 Å². The number of hydrogen-bond donors (Lipinski definition) is 0. The first-order valence-corrected chi connectivity index (χ1v) is 9.33. The molecular weight excluding hydrogens is 324 g/mol. The number of carbonyl (C=O) groups is 1. The van der Waals surface area contributed by atoms with E-state index in [1.54, 1.807) is 0 Å². The quantitative estimate of drug-likeness (QED) is 0.848. The number of benzene rings is 1. The third-order valence-corrected chi connectivity index (χ3v) is 5.10. The van der Waals surface area contributed by atoms with Gasteiger partial charge in [0.15, 0.2) is 0 Å². The monoisotopic (exact) mass is 352 g/mol. The van der Waals surface area contributed by atoms with Crippen LogP contribution in [0.4, 0.5) is 5.82 Å². The van der Waals surface area contributed by atoms with Gasteiger partial charge < -0.3 is 9.80 Å². The van der Waals surface area contributed by atoms with E-state index in [4.69, 9.17) is 4.98 Å². The fourth-order valence-electron chi connectivity index (χ4n) is 3.29. The zero-order valence-electron chi connectivity index (χ0n) is 16.4. The molecule has 0 atom stereocenters. The number of nitrogens with zero attached hydrogens (tertiary/aromatic N) is 4. The molecule has 2 aromatic rings. The van der Waals surface area contributed by atoms with E-state index in [1.807, 2.05) is 49.9 Å². The zero-order chi connectivity index (χ0) is 18.8.